The van der Waals surface area contributed by atoms with Crippen molar-refractivity contribution in [3.63, 3.8) is 0 Å². The van der Waals surface area contributed by atoms with Crippen molar-refractivity contribution in [2.45, 2.75) is 6.42 Å². The van der Waals surface area contributed by atoms with Crippen LogP contribution in [0.4, 0.5) is 33.2 Å². The predicted molar refractivity (Wildman–Crippen MR) is 118 cm³/mol. The summed E-state index contributed by atoms with van der Waals surface area (Å²) >= 11 is 0. The van der Waals surface area contributed by atoms with Crippen LogP contribution in [-0.4, -0.2) is 20.9 Å². The Morgan fingerprint density at radius 1 is 0.774 bits per heavy atom. The van der Waals surface area contributed by atoms with Gasteiger partial charge in [0.05, 0.1) is 6.42 Å². The van der Waals surface area contributed by atoms with Gasteiger partial charge >= 0.3 is 0 Å². The van der Waals surface area contributed by atoms with Gasteiger partial charge in [0.1, 0.15) is 29.6 Å². The summed E-state index contributed by atoms with van der Waals surface area (Å²) in [5, 5.41) is 9.14. The average Bonchev–Trinajstić information content (AvgIpc) is 2.78. The lowest BCUT2D eigenvalue weighted by molar-refractivity contribution is -0.115. The number of carbonyl (C=O) groups excluding carboxylic acids is 1. The van der Waals surface area contributed by atoms with Crippen molar-refractivity contribution in [1.82, 2.24) is 15.0 Å². The number of anilines is 5. The first kappa shape index (κ1) is 20.0. The van der Waals surface area contributed by atoms with Crippen LogP contribution in [-0.2, 0) is 11.2 Å². The van der Waals surface area contributed by atoms with Gasteiger partial charge in [-0.25, -0.2) is 19.3 Å². The first-order valence-electron chi connectivity index (χ1n) is 9.55. The molecule has 0 atom stereocenters. The van der Waals surface area contributed by atoms with E-state index in [9.17, 15) is 9.18 Å². The van der Waals surface area contributed by atoms with Gasteiger partial charge in [0.2, 0.25) is 5.91 Å². The molecule has 0 bridgehead atoms. The lowest BCUT2D eigenvalue weighted by Crippen LogP contribution is -2.14. The van der Waals surface area contributed by atoms with Crippen molar-refractivity contribution in [2.24, 2.45) is 0 Å². The van der Waals surface area contributed by atoms with Crippen molar-refractivity contribution < 1.29 is 9.18 Å². The lowest BCUT2D eigenvalue weighted by atomic mass is 10.1. The van der Waals surface area contributed by atoms with Crippen LogP contribution in [0.3, 0.4) is 0 Å². The van der Waals surface area contributed by atoms with E-state index in [0.717, 1.165) is 11.3 Å². The fraction of sp³-hybridized carbons (Fsp3) is 0.0435. The Balaban J connectivity index is 1.34. The number of hydrogen-bond acceptors (Lipinski definition) is 6. The number of aromatic nitrogens is 3. The largest absolute Gasteiger partial charge is 0.340 e. The molecular formula is C23H19FN6O. The second kappa shape index (κ2) is 9.45. The Morgan fingerprint density at radius 2 is 1.48 bits per heavy atom. The Hall–Kier alpha value is -4.33. The second-order valence-corrected chi connectivity index (χ2v) is 6.68. The molecule has 2 aromatic heterocycles. The molecule has 154 valence electrons. The first-order valence-corrected chi connectivity index (χ1v) is 9.55. The highest BCUT2D eigenvalue weighted by molar-refractivity contribution is 5.92. The third-order valence-electron chi connectivity index (χ3n) is 4.31. The van der Waals surface area contributed by atoms with Gasteiger partial charge in [-0.1, -0.05) is 18.2 Å². The number of pyridine rings is 1. The summed E-state index contributed by atoms with van der Waals surface area (Å²) in [5.41, 5.74) is 2.22. The summed E-state index contributed by atoms with van der Waals surface area (Å²) in [6, 6.07) is 20.5. The van der Waals surface area contributed by atoms with Gasteiger partial charge in [-0.15, -0.1) is 0 Å². The Labute approximate surface area is 178 Å². The third-order valence-corrected chi connectivity index (χ3v) is 4.31. The van der Waals surface area contributed by atoms with Crippen molar-refractivity contribution in [3.05, 3.63) is 96.7 Å². The molecule has 4 aromatic rings. The summed E-state index contributed by atoms with van der Waals surface area (Å²) < 4.78 is 13.0. The van der Waals surface area contributed by atoms with E-state index in [1.165, 1.54) is 18.5 Å². The molecule has 0 unspecified atom stereocenters. The molecule has 0 saturated carbocycles. The molecule has 0 aliphatic heterocycles. The first-order chi connectivity index (χ1) is 15.1. The molecule has 0 aliphatic rings. The molecule has 0 saturated heterocycles. The monoisotopic (exact) mass is 414 g/mol. The maximum absolute atomic E-state index is 13.0. The zero-order valence-corrected chi connectivity index (χ0v) is 16.4. The highest BCUT2D eigenvalue weighted by Gasteiger charge is 2.06. The molecule has 31 heavy (non-hydrogen) atoms. The van der Waals surface area contributed by atoms with Crippen LogP contribution >= 0.6 is 0 Å². The minimum Gasteiger partial charge on any atom is -0.340 e. The number of nitrogens with one attached hydrogen (secondary N) is 3. The van der Waals surface area contributed by atoms with Gasteiger partial charge in [0.25, 0.3) is 0 Å². The van der Waals surface area contributed by atoms with Gasteiger partial charge in [0, 0.05) is 23.6 Å². The summed E-state index contributed by atoms with van der Waals surface area (Å²) in [7, 11) is 0. The van der Waals surface area contributed by atoms with Crippen LogP contribution in [0.1, 0.15) is 5.56 Å². The van der Waals surface area contributed by atoms with Gasteiger partial charge in [-0.05, 0) is 54.1 Å². The van der Waals surface area contributed by atoms with E-state index in [1.54, 1.807) is 36.5 Å². The topological polar surface area (TPSA) is 91.8 Å². The van der Waals surface area contributed by atoms with E-state index < -0.39 is 0 Å². The van der Waals surface area contributed by atoms with Crippen LogP contribution in [0.25, 0.3) is 0 Å². The zero-order chi connectivity index (χ0) is 21.5. The van der Waals surface area contributed by atoms with Crippen molar-refractivity contribution in [3.8, 4) is 0 Å². The van der Waals surface area contributed by atoms with E-state index in [-0.39, 0.29) is 18.1 Å². The average molecular weight is 414 g/mol. The summed E-state index contributed by atoms with van der Waals surface area (Å²) in [4.78, 5) is 24.8. The number of benzene rings is 2. The maximum atomic E-state index is 13.0. The van der Waals surface area contributed by atoms with E-state index in [0.29, 0.717) is 23.1 Å². The molecule has 0 aliphatic carbocycles. The fourth-order valence-electron chi connectivity index (χ4n) is 2.84. The molecule has 2 aromatic carbocycles. The standard InChI is InChI=1S/C23H19FN6O/c24-17-6-4-16(5-7-17)13-23(31)29-19-10-8-18(9-11-19)28-21-14-22(27-15-26-21)30-20-3-1-2-12-25-20/h1-12,14-15H,13H2,(H,29,31)(H2,25,26,27,28,30). The minimum atomic E-state index is -0.324. The third kappa shape index (κ3) is 5.83. The van der Waals surface area contributed by atoms with Crippen molar-refractivity contribution >= 4 is 34.7 Å². The van der Waals surface area contributed by atoms with E-state index in [4.69, 9.17) is 0 Å². The van der Waals surface area contributed by atoms with Gasteiger partial charge in [0.15, 0.2) is 0 Å². The normalized spacial score (nSPS) is 10.4. The molecule has 1 amide bonds. The van der Waals surface area contributed by atoms with Crippen molar-refractivity contribution in [1.29, 1.82) is 0 Å². The van der Waals surface area contributed by atoms with Gasteiger partial charge < -0.3 is 16.0 Å². The fourth-order valence-corrected chi connectivity index (χ4v) is 2.84. The molecule has 0 radical (unpaired) electrons. The SMILES string of the molecule is O=C(Cc1ccc(F)cc1)Nc1ccc(Nc2cc(Nc3ccccn3)ncn2)cc1. The number of nitrogens with zero attached hydrogens (tertiary/aromatic N) is 3. The molecule has 2 heterocycles. The number of hydrogen-bond donors (Lipinski definition) is 3. The summed E-state index contributed by atoms with van der Waals surface area (Å²) in [6.07, 6.45) is 3.33. The summed E-state index contributed by atoms with van der Waals surface area (Å²) in [5.74, 6) is 1.42. The predicted octanol–water partition coefficient (Wildman–Crippen LogP) is 4.68. The lowest BCUT2D eigenvalue weighted by Gasteiger charge is -2.10. The number of amides is 1. The molecule has 7 nitrogen and oxygen atoms in total. The van der Waals surface area contributed by atoms with Crippen LogP contribution < -0.4 is 16.0 Å². The maximum Gasteiger partial charge on any atom is 0.228 e. The highest BCUT2D eigenvalue weighted by Crippen LogP contribution is 2.20. The highest BCUT2D eigenvalue weighted by atomic mass is 19.1. The van der Waals surface area contributed by atoms with Crippen molar-refractivity contribution in [2.75, 3.05) is 16.0 Å². The smallest absolute Gasteiger partial charge is 0.228 e. The Kier molecular flexibility index (Phi) is 6.08. The minimum absolute atomic E-state index is 0.173. The van der Waals surface area contributed by atoms with Crippen LogP contribution in [0.5, 0.6) is 0 Å². The van der Waals surface area contributed by atoms with Crippen LogP contribution in [0.15, 0.2) is 85.3 Å². The molecule has 4 rings (SSSR count). The molecule has 0 fully saturated rings. The zero-order valence-electron chi connectivity index (χ0n) is 16.4. The van der Waals surface area contributed by atoms with Crippen LogP contribution in [0, 0.1) is 5.82 Å². The van der Waals surface area contributed by atoms with E-state index >= 15 is 0 Å². The van der Waals surface area contributed by atoms with E-state index in [1.807, 2.05) is 30.3 Å². The van der Waals surface area contributed by atoms with Crippen LogP contribution in [0.2, 0.25) is 0 Å². The Bertz CT molecular complexity index is 1150. The quantitative estimate of drug-likeness (QED) is 0.407. The molecular weight excluding hydrogens is 395 g/mol. The van der Waals surface area contributed by atoms with Gasteiger partial charge in [-0.3, -0.25) is 4.79 Å². The molecule has 8 heteroatoms. The molecule has 3 N–H and O–H groups in total. The Morgan fingerprint density at radius 3 is 2.19 bits per heavy atom. The second-order valence-electron chi connectivity index (χ2n) is 6.68. The summed E-state index contributed by atoms with van der Waals surface area (Å²) in [6.45, 7) is 0. The van der Waals surface area contributed by atoms with E-state index in [2.05, 4.69) is 30.9 Å². The number of carbonyl (C=O) groups is 1. The number of halogens is 1. The van der Waals surface area contributed by atoms with Gasteiger partial charge in [-0.2, -0.15) is 0 Å². The molecule has 0 spiro atoms. The number of rotatable bonds is 7.